The van der Waals surface area contributed by atoms with Gasteiger partial charge >= 0.3 is 0 Å². The maximum absolute atomic E-state index is 13.2. The number of hydrogen-bond acceptors (Lipinski definition) is 3. The number of aryl methyl sites for hydroxylation is 2. The number of nitrogens with zero attached hydrogens (tertiary/aromatic N) is 4. The molecule has 1 saturated heterocycles. The van der Waals surface area contributed by atoms with Crippen molar-refractivity contribution >= 4 is 28.4 Å². The number of pyridine rings is 1. The number of halogens is 1. The van der Waals surface area contributed by atoms with Crippen LogP contribution in [0.3, 0.4) is 0 Å². The van der Waals surface area contributed by atoms with E-state index in [1.165, 1.54) is 0 Å². The average Bonchev–Trinajstić information content (AvgIpc) is 3.16. The molecule has 1 aromatic carbocycles. The van der Waals surface area contributed by atoms with Gasteiger partial charge < -0.3 is 9.47 Å². The molecule has 3 aromatic rings. The Morgan fingerprint density at radius 2 is 2.04 bits per heavy atom. The van der Waals surface area contributed by atoms with Crippen molar-refractivity contribution in [2.24, 2.45) is 0 Å². The lowest BCUT2D eigenvalue weighted by molar-refractivity contribution is 0.0712. The first-order chi connectivity index (χ1) is 13.1. The second kappa shape index (κ2) is 7.31. The molecule has 0 radical (unpaired) electrons. The Balaban J connectivity index is 1.56. The summed E-state index contributed by atoms with van der Waals surface area (Å²) in [7, 11) is 0. The van der Waals surface area contributed by atoms with E-state index in [-0.39, 0.29) is 5.91 Å². The summed E-state index contributed by atoms with van der Waals surface area (Å²) in [6, 6.07) is 7.39. The van der Waals surface area contributed by atoms with Crippen molar-refractivity contribution in [1.82, 2.24) is 19.4 Å². The third kappa shape index (κ3) is 3.44. The van der Waals surface area contributed by atoms with Crippen LogP contribution in [0.5, 0.6) is 0 Å². The molecule has 1 aliphatic rings. The van der Waals surface area contributed by atoms with Crippen molar-refractivity contribution in [1.29, 1.82) is 0 Å². The second-order valence-corrected chi connectivity index (χ2v) is 7.55. The highest BCUT2D eigenvalue weighted by Gasteiger charge is 2.27. The van der Waals surface area contributed by atoms with Crippen LogP contribution in [0.25, 0.3) is 10.9 Å². The Labute approximate surface area is 164 Å². The summed E-state index contributed by atoms with van der Waals surface area (Å²) < 4.78 is 2.20. The van der Waals surface area contributed by atoms with Gasteiger partial charge in [0.15, 0.2) is 0 Å². The molecule has 4 rings (SSSR count). The van der Waals surface area contributed by atoms with E-state index in [1.807, 2.05) is 48.5 Å². The van der Waals surface area contributed by atoms with E-state index in [4.69, 9.17) is 11.6 Å². The lowest BCUT2D eigenvalue weighted by Crippen LogP contribution is -2.38. The normalized spacial score (nSPS) is 15.4. The summed E-state index contributed by atoms with van der Waals surface area (Å²) in [4.78, 5) is 24.2. The fourth-order valence-corrected chi connectivity index (χ4v) is 4.14. The molecule has 1 aliphatic heterocycles. The summed E-state index contributed by atoms with van der Waals surface area (Å²) >= 11 is 6.16. The van der Waals surface area contributed by atoms with Gasteiger partial charge in [-0.3, -0.25) is 9.78 Å². The number of piperidine rings is 1. The summed E-state index contributed by atoms with van der Waals surface area (Å²) in [5, 5.41) is 1.44. The molecule has 3 heterocycles. The molecule has 2 aromatic heterocycles. The molecular weight excluding hydrogens is 360 g/mol. The number of benzene rings is 1. The standard InChI is InChI=1S/C21H23ClN4O/c1-3-25-11-8-23-20(25)15-6-9-26(10-7-15)21(27)18-12-14(2)24-19-5-4-16(22)13-17(18)19/h4-5,8,11-13,15H,3,6-7,9-10H2,1-2H3. The first-order valence-corrected chi connectivity index (χ1v) is 9.82. The van der Waals surface area contributed by atoms with Crippen molar-refractivity contribution < 1.29 is 4.79 Å². The molecular formula is C21H23ClN4O. The van der Waals surface area contributed by atoms with Crippen molar-refractivity contribution in [2.45, 2.75) is 39.2 Å². The zero-order valence-corrected chi connectivity index (χ0v) is 16.4. The molecule has 0 bridgehead atoms. The molecule has 0 unspecified atom stereocenters. The van der Waals surface area contributed by atoms with Gasteiger partial charge in [-0.15, -0.1) is 0 Å². The van der Waals surface area contributed by atoms with Crippen LogP contribution in [-0.4, -0.2) is 38.4 Å². The summed E-state index contributed by atoms with van der Waals surface area (Å²) in [5.74, 6) is 1.61. The van der Waals surface area contributed by atoms with E-state index in [1.54, 1.807) is 0 Å². The first-order valence-electron chi connectivity index (χ1n) is 9.44. The van der Waals surface area contributed by atoms with Gasteiger partial charge in [0.2, 0.25) is 0 Å². The number of aromatic nitrogens is 3. The molecule has 0 spiro atoms. The second-order valence-electron chi connectivity index (χ2n) is 7.11. The van der Waals surface area contributed by atoms with Gasteiger partial charge in [-0.05, 0) is 51.0 Å². The largest absolute Gasteiger partial charge is 0.339 e. The molecule has 0 aliphatic carbocycles. The number of rotatable bonds is 3. The maximum atomic E-state index is 13.2. The lowest BCUT2D eigenvalue weighted by atomic mass is 9.95. The van der Waals surface area contributed by atoms with Crippen LogP contribution in [0.4, 0.5) is 0 Å². The Kier molecular flexibility index (Phi) is 4.87. The minimum absolute atomic E-state index is 0.0602. The fraction of sp³-hybridized carbons (Fsp3) is 0.381. The number of carbonyl (C=O) groups is 1. The quantitative estimate of drug-likeness (QED) is 0.673. The molecule has 0 atom stereocenters. The number of fused-ring (bicyclic) bond motifs is 1. The van der Waals surface area contributed by atoms with Gasteiger partial charge in [0.1, 0.15) is 5.82 Å². The van der Waals surface area contributed by atoms with Crippen molar-refractivity contribution in [3.63, 3.8) is 0 Å². The third-order valence-electron chi connectivity index (χ3n) is 5.36. The Morgan fingerprint density at radius 3 is 2.78 bits per heavy atom. The molecule has 27 heavy (non-hydrogen) atoms. The molecule has 0 saturated carbocycles. The Bertz CT molecular complexity index is 989. The van der Waals surface area contributed by atoms with Crippen LogP contribution in [-0.2, 0) is 6.54 Å². The third-order valence-corrected chi connectivity index (χ3v) is 5.60. The minimum atomic E-state index is 0.0602. The van der Waals surface area contributed by atoms with Gasteiger partial charge in [-0.1, -0.05) is 11.6 Å². The maximum Gasteiger partial charge on any atom is 0.254 e. The molecule has 1 fully saturated rings. The van der Waals surface area contributed by atoms with E-state index in [0.29, 0.717) is 16.5 Å². The topological polar surface area (TPSA) is 51.0 Å². The van der Waals surface area contributed by atoms with E-state index < -0.39 is 0 Å². The zero-order valence-electron chi connectivity index (χ0n) is 15.7. The minimum Gasteiger partial charge on any atom is -0.339 e. The predicted octanol–water partition coefficient (Wildman–Crippen LogP) is 4.43. The van der Waals surface area contributed by atoms with E-state index in [9.17, 15) is 4.79 Å². The number of carbonyl (C=O) groups excluding carboxylic acids is 1. The highest BCUT2D eigenvalue weighted by atomic mass is 35.5. The SMILES string of the molecule is CCn1ccnc1C1CCN(C(=O)c2cc(C)nc3ccc(Cl)cc23)CC1. The number of imidazole rings is 1. The molecule has 140 valence electrons. The van der Waals surface area contributed by atoms with Crippen molar-refractivity contribution in [3.8, 4) is 0 Å². The van der Waals surface area contributed by atoms with Crippen molar-refractivity contribution in [2.75, 3.05) is 13.1 Å². The number of hydrogen-bond donors (Lipinski definition) is 0. The fourth-order valence-electron chi connectivity index (χ4n) is 3.97. The van der Waals surface area contributed by atoms with Gasteiger partial charge in [0.25, 0.3) is 5.91 Å². The van der Waals surface area contributed by atoms with Crippen LogP contribution in [0.1, 0.15) is 47.6 Å². The highest BCUT2D eigenvalue weighted by molar-refractivity contribution is 6.31. The van der Waals surface area contributed by atoms with Gasteiger partial charge in [0.05, 0.1) is 11.1 Å². The Morgan fingerprint density at radius 1 is 1.26 bits per heavy atom. The Hall–Kier alpha value is -2.40. The number of likely N-dealkylation sites (tertiary alicyclic amines) is 1. The molecule has 6 heteroatoms. The van der Waals surface area contributed by atoms with Crippen LogP contribution < -0.4 is 0 Å². The van der Waals surface area contributed by atoms with Gasteiger partial charge in [-0.2, -0.15) is 0 Å². The van der Waals surface area contributed by atoms with Crippen molar-refractivity contribution in [3.05, 3.63) is 58.8 Å². The van der Waals surface area contributed by atoms with Crippen LogP contribution in [0.15, 0.2) is 36.7 Å². The first kappa shape index (κ1) is 18.0. The van der Waals surface area contributed by atoms with Crippen LogP contribution in [0.2, 0.25) is 5.02 Å². The average molecular weight is 383 g/mol. The number of amides is 1. The molecule has 0 N–H and O–H groups in total. The van der Waals surface area contributed by atoms with E-state index in [0.717, 1.165) is 54.9 Å². The lowest BCUT2D eigenvalue weighted by Gasteiger charge is -2.32. The van der Waals surface area contributed by atoms with Crippen LogP contribution >= 0.6 is 11.6 Å². The summed E-state index contributed by atoms with van der Waals surface area (Å²) in [5.41, 5.74) is 2.34. The molecule has 1 amide bonds. The van der Waals surface area contributed by atoms with Gasteiger partial charge in [-0.25, -0.2) is 4.98 Å². The highest BCUT2D eigenvalue weighted by Crippen LogP contribution is 2.29. The van der Waals surface area contributed by atoms with E-state index >= 15 is 0 Å². The van der Waals surface area contributed by atoms with Crippen LogP contribution in [0, 0.1) is 6.92 Å². The molecule has 5 nitrogen and oxygen atoms in total. The monoisotopic (exact) mass is 382 g/mol. The smallest absolute Gasteiger partial charge is 0.254 e. The van der Waals surface area contributed by atoms with Gasteiger partial charge in [0, 0.05) is 54.0 Å². The summed E-state index contributed by atoms with van der Waals surface area (Å²) in [6.45, 7) is 6.46. The predicted molar refractivity (Wildman–Crippen MR) is 107 cm³/mol. The summed E-state index contributed by atoms with van der Waals surface area (Å²) in [6.07, 6.45) is 5.77. The van der Waals surface area contributed by atoms with E-state index in [2.05, 4.69) is 21.5 Å². The zero-order chi connectivity index (χ0) is 19.0.